The van der Waals surface area contributed by atoms with Crippen LogP contribution in [0.1, 0.15) is 218 Å². The molecule has 0 N–H and O–H groups in total. The van der Waals surface area contributed by atoms with E-state index in [9.17, 15) is 0 Å². The van der Waals surface area contributed by atoms with Crippen LogP contribution in [-0.2, 0) is 0 Å². The van der Waals surface area contributed by atoms with Gasteiger partial charge in [-0.25, -0.2) is 0 Å². The van der Waals surface area contributed by atoms with Crippen LogP contribution in [0.2, 0.25) is 6.32 Å². The summed E-state index contributed by atoms with van der Waals surface area (Å²) in [5.41, 5.74) is 8.33. The zero-order chi connectivity index (χ0) is 42.9. The SMILES string of the molecule is CCCCCCCC[P+](CCCCCCCC)(CCCCCCCC)CCCCCCCC.CCCC[B-](c1ccc(C)cc1)(c1ccc(C)cc1)c1ccc(C)cc1. The third-order valence-corrected chi connectivity index (χ3v) is 18.9. The van der Waals surface area contributed by atoms with Gasteiger partial charge in [0, 0.05) is 7.26 Å². The lowest BCUT2D eigenvalue weighted by Gasteiger charge is -2.43. The lowest BCUT2D eigenvalue weighted by Crippen LogP contribution is -2.67. The molecule has 0 aliphatic rings. The largest absolute Gasteiger partial charge is 0.200 e. The predicted molar refractivity (Wildman–Crippen MR) is 278 cm³/mol. The van der Waals surface area contributed by atoms with Crippen molar-refractivity contribution in [2.45, 2.75) is 229 Å². The summed E-state index contributed by atoms with van der Waals surface area (Å²) in [4.78, 5) is 0. The predicted octanol–water partition coefficient (Wildman–Crippen LogP) is 17.3. The van der Waals surface area contributed by atoms with Crippen molar-refractivity contribution in [2.24, 2.45) is 0 Å². The molecule has 0 amide bonds. The van der Waals surface area contributed by atoms with E-state index in [1.807, 2.05) is 0 Å². The van der Waals surface area contributed by atoms with Crippen molar-refractivity contribution in [3.05, 3.63) is 89.5 Å². The van der Waals surface area contributed by atoms with Gasteiger partial charge in [0.05, 0.1) is 30.8 Å². The second-order valence-electron chi connectivity index (χ2n) is 19.2. The van der Waals surface area contributed by atoms with Crippen molar-refractivity contribution < 1.29 is 0 Å². The van der Waals surface area contributed by atoms with Crippen molar-refractivity contribution in [1.82, 2.24) is 0 Å². The summed E-state index contributed by atoms with van der Waals surface area (Å²) >= 11 is 0. The fourth-order valence-corrected chi connectivity index (χ4v) is 14.8. The van der Waals surface area contributed by atoms with Crippen molar-refractivity contribution in [3.8, 4) is 0 Å². The molecule has 0 aromatic heterocycles. The molecule has 0 atom stereocenters. The maximum absolute atomic E-state index is 2.35. The zero-order valence-electron chi connectivity index (χ0n) is 40.9. The van der Waals surface area contributed by atoms with Gasteiger partial charge in [-0.05, 0) is 72.1 Å². The highest BCUT2D eigenvalue weighted by atomic mass is 31.2. The summed E-state index contributed by atoms with van der Waals surface area (Å²) in [5, 5.41) is 0. The Morgan fingerprint density at radius 2 is 0.508 bits per heavy atom. The van der Waals surface area contributed by atoms with Gasteiger partial charge in [-0.1, -0.05) is 240 Å². The maximum atomic E-state index is 2.35. The van der Waals surface area contributed by atoms with E-state index in [1.165, 1.54) is 181 Å². The van der Waals surface area contributed by atoms with Crippen LogP contribution in [0.25, 0.3) is 0 Å². The molecule has 3 aromatic carbocycles. The van der Waals surface area contributed by atoms with Crippen LogP contribution in [-0.4, -0.2) is 30.8 Å². The summed E-state index contributed by atoms with van der Waals surface area (Å²) < 4.78 is 0. The lowest BCUT2D eigenvalue weighted by molar-refractivity contribution is 0.610. The van der Waals surface area contributed by atoms with E-state index in [4.69, 9.17) is 0 Å². The third kappa shape index (κ3) is 21.7. The Labute approximate surface area is 371 Å². The highest BCUT2D eigenvalue weighted by Gasteiger charge is 2.35. The van der Waals surface area contributed by atoms with Gasteiger partial charge in [-0.3, -0.25) is 0 Å². The molecule has 0 aliphatic carbocycles. The number of aryl methyl sites for hydroxylation is 3. The molecule has 0 saturated heterocycles. The van der Waals surface area contributed by atoms with E-state index in [0.29, 0.717) is 0 Å². The minimum absolute atomic E-state index is 0.718. The molecule has 0 spiro atoms. The smallest absolute Gasteiger partial charge is 0.0814 e. The van der Waals surface area contributed by atoms with Gasteiger partial charge < -0.3 is 0 Å². The Bertz CT molecular complexity index is 1190. The molecule has 3 aromatic rings. The van der Waals surface area contributed by atoms with Gasteiger partial charge in [0.15, 0.2) is 0 Å². The Balaban J connectivity index is 0.000000416. The first-order valence-corrected chi connectivity index (χ1v) is 28.6. The van der Waals surface area contributed by atoms with Gasteiger partial charge in [-0.2, -0.15) is 22.7 Å². The Kier molecular flexibility index (Phi) is 30.5. The number of rotatable bonds is 34. The molecular weight excluding hydrogens is 726 g/mol. The second-order valence-corrected chi connectivity index (χ2v) is 23.7. The summed E-state index contributed by atoms with van der Waals surface area (Å²) in [6.07, 6.45) is 44.8. The van der Waals surface area contributed by atoms with Gasteiger partial charge in [0.1, 0.15) is 0 Å². The molecule has 334 valence electrons. The summed E-state index contributed by atoms with van der Waals surface area (Å²) in [6.45, 7) is 18.2. The first-order valence-electron chi connectivity index (χ1n) is 26.0. The van der Waals surface area contributed by atoms with E-state index in [1.54, 1.807) is 50.3 Å². The number of unbranched alkanes of at least 4 members (excludes halogenated alkanes) is 21. The molecule has 0 saturated carbocycles. The van der Waals surface area contributed by atoms with E-state index >= 15 is 0 Å². The normalized spacial score (nSPS) is 11.8. The highest BCUT2D eigenvalue weighted by molar-refractivity contribution is 7.75. The third-order valence-electron chi connectivity index (χ3n) is 13.9. The van der Waals surface area contributed by atoms with E-state index in [0.717, 1.165) is 0 Å². The zero-order valence-corrected chi connectivity index (χ0v) is 41.8. The first kappa shape index (κ1) is 53.3. The fourth-order valence-electron chi connectivity index (χ4n) is 9.85. The van der Waals surface area contributed by atoms with Crippen LogP contribution in [0.4, 0.5) is 0 Å². The molecule has 0 fully saturated rings. The first-order chi connectivity index (χ1) is 28.8. The van der Waals surface area contributed by atoms with Crippen LogP contribution in [0.5, 0.6) is 0 Å². The average molecular weight is 825 g/mol. The Morgan fingerprint density at radius 3 is 0.746 bits per heavy atom. The molecule has 0 bridgehead atoms. The second kappa shape index (κ2) is 33.7. The highest BCUT2D eigenvalue weighted by Crippen LogP contribution is 2.61. The Morgan fingerprint density at radius 1 is 0.288 bits per heavy atom. The van der Waals surface area contributed by atoms with Crippen molar-refractivity contribution >= 4 is 29.8 Å². The summed E-state index contributed by atoms with van der Waals surface area (Å²) in [6, 6.07) is 27.7. The van der Waals surface area contributed by atoms with Crippen LogP contribution in [0.3, 0.4) is 0 Å². The van der Waals surface area contributed by atoms with E-state index in [2.05, 4.69) is 128 Å². The summed E-state index contributed by atoms with van der Waals surface area (Å²) in [7, 11) is -0.718. The van der Waals surface area contributed by atoms with Gasteiger partial charge in [0.25, 0.3) is 0 Å². The average Bonchev–Trinajstić information content (AvgIpc) is 3.25. The molecule has 0 heterocycles. The molecule has 59 heavy (non-hydrogen) atoms. The van der Waals surface area contributed by atoms with Crippen molar-refractivity contribution in [3.63, 3.8) is 0 Å². The Hall–Kier alpha value is -1.85. The van der Waals surface area contributed by atoms with Crippen molar-refractivity contribution in [2.75, 3.05) is 24.6 Å². The number of hydrogen-bond acceptors (Lipinski definition) is 0. The molecule has 0 aliphatic heterocycles. The standard InChI is InChI=1S/C32H68P.C25H30B/c1-5-9-13-17-21-25-29-33(30-26-22-18-14-10-6-2,31-27-23-19-15-11-7-3)32-28-24-20-16-12-8-4;1-5-6-19-26(23-13-7-20(2)8-14-23,24-15-9-21(3)10-16-24)25-17-11-22(4)12-18-25/h5-32H2,1-4H3;7-18H,5-6,19H2,1-4H3/q+1;-1. The van der Waals surface area contributed by atoms with Crippen LogP contribution < -0.4 is 16.4 Å². The fraction of sp³-hybridized carbons (Fsp3) is 0.684. The molecule has 0 unspecified atom stereocenters. The summed E-state index contributed by atoms with van der Waals surface area (Å²) in [5.74, 6) is 0. The topological polar surface area (TPSA) is 0 Å². The minimum atomic E-state index is -0.957. The number of benzene rings is 3. The van der Waals surface area contributed by atoms with Gasteiger partial charge >= 0.3 is 0 Å². The lowest BCUT2D eigenvalue weighted by atomic mass is 9.14. The van der Waals surface area contributed by atoms with Crippen LogP contribution in [0.15, 0.2) is 72.8 Å². The minimum Gasteiger partial charge on any atom is -0.200 e. The van der Waals surface area contributed by atoms with E-state index in [-0.39, 0.29) is 0 Å². The van der Waals surface area contributed by atoms with E-state index < -0.39 is 13.4 Å². The molecular formula is C57H98BP. The maximum Gasteiger partial charge on any atom is 0.0814 e. The molecule has 0 nitrogen and oxygen atoms in total. The molecule has 0 radical (unpaired) electrons. The van der Waals surface area contributed by atoms with Crippen LogP contribution >= 0.6 is 7.26 Å². The van der Waals surface area contributed by atoms with Crippen LogP contribution in [0, 0.1) is 20.8 Å². The quantitative estimate of drug-likeness (QED) is 0.0320. The van der Waals surface area contributed by atoms with Gasteiger partial charge in [0.2, 0.25) is 0 Å². The monoisotopic (exact) mass is 825 g/mol. The van der Waals surface area contributed by atoms with Crippen molar-refractivity contribution in [1.29, 1.82) is 0 Å². The number of hydrogen-bond donors (Lipinski definition) is 0. The molecule has 2 heteroatoms. The molecule has 3 rings (SSSR count). The van der Waals surface area contributed by atoms with Gasteiger partial charge in [-0.15, -0.1) is 0 Å².